The Kier molecular flexibility index (Phi) is 4.68. The molecule has 122 valence electrons. The molecule has 2 N–H and O–H groups in total. The van der Waals surface area contributed by atoms with Crippen LogP contribution in [0.5, 0.6) is 0 Å². The van der Waals surface area contributed by atoms with Crippen LogP contribution in [0.3, 0.4) is 0 Å². The molecule has 0 bridgehead atoms. The summed E-state index contributed by atoms with van der Waals surface area (Å²) in [4.78, 5) is 16.7. The molecule has 23 heavy (non-hydrogen) atoms. The van der Waals surface area contributed by atoms with Crippen LogP contribution in [0.25, 0.3) is 0 Å². The number of amides is 1. The van der Waals surface area contributed by atoms with Gasteiger partial charge < -0.3 is 15.1 Å². The zero-order valence-corrected chi connectivity index (χ0v) is 14.0. The van der Waals surface area contributed by atoms with Gasteiger partial charge in [0.15, 0.2) is 5.69 Å². The number of hydrogen-bond acceptors (Lipinski definition) is 4. The molecule has 1 saturated heterocycles. The smallest absolute Gasteiger partial charge is 0.273 e. The Balaban J connectivity index is 1.62. The van der Waals surface area contributed by atoms with Crippen molar-refractivity contribution in [3.63, 3.8) is 0 Å². The largest absolute Gasteiger partial charge is 0.445 e. The topological polar surface area (TPSA) is 67.2 Å². The van der Waals surface area contributed by atoms with E-state index in [1.807, 2.05) is 31.2 Å². The van der Waals surface area contributed by atoms with Gasteiger partial charge in [-0.25, -0.2) is 4.98 Å². The van der Waals surface area contributed by atoms with Crippen molar-refractivity contribution in [1.82, 2.24) is 15.6 Å². The highest BCUT2D eigenvalue weighted by Gasteiger charge is 2.27. The Morgan fingerprint density at radius 3 is 2.96 bits per heavy atom. The van der Waals surface area contributed by atoms with Gasteiger partial charge in [-0.15, -0.1) is 0 Å². The van der Waals surface area contributed by atoms with Gasteiger partial charge >= 0.3 is 0 Å². The number of carbonyl (C=O) groups is 1. The highest BCUT2D eigenvalue weighted by molar-refractivity contribution is 6.30. The van der Waals surface area contributed by atoms with E-state index in [0.29, 0.717) is 28.9 Å². The molecular weight excluding hydrogens is 314 g/mol. The van der Waals surface area contributed by atoms with Crippen LogP contribution in [-0.2, 0) is 0 Å². The molecule has 0 spiro atoms. The first-order valence-electron chi connectivity index (χ1n) is 7.76. The van der Waals surface area contributed by atoms with Crippen LogP contribution >= 0.6 is 11.6 Å². The molecule has 1 aliphatic heterocycles. The minimum Gasteiger partial charge on any atom is -0.445 e. The van der Waals surface area contributed by atoms with Gasteiger partial charge in [-0.2, -0.15) is 0 Å². The van der Waals surface area contributed by atoms with Gasteiger partial charge in [0.25, 0.3) is 5.91 Å². The van der Waals surface area contributed by atoms with Crippen molar-refractivity contribution < 1.29 is 9.21 Å². The summed E-state index contributed by atoms with van der Waals surface area (Å²) in [6.07, 6.45) is 0. The molecule has 0 saturated carbocycles. The highest BCUT2D eigenvalue weighted by Crippen LogP contribution is 2.22. The number of carbonyl (C=O) groups excluding carboxylic acids is 1. The zero-order valence-electron chi connectivity index (χ0n) is 13.2. The lowest BCUT2D eigenvalue weighted by Crippen LogP contribution is -2.40. The summed E-state index contributed by atoms with van der Waals surface area (Å²) in [7, 11) is 0. The van der Waals surface area contributed by atoms with Crippen LogP contribution in [0.2, 0.25) is 5.02 Å². The van der Waals surface area contributed by atoms with Crippen molar-refractivity contribution >= 4 is 17.5 Å². The lowest BCUT2D eigenvalue weighted by Gasteiger charge is -2.23. The summed E-state index contributed by atoms with van der Waals surface area (Å²) in [5.41, 5.74) is 1.47. The number of nitrogens with zero attached hydrogens (tertiary/aromatic N) is 1. The van der Waals surface area contributed by atoms with Crippen LogP contribution in [0.4, 0.5) is 0 Å². The number of hydrogen-bond donors (Lipinski definition) is 2. The molecule has 3 rings (SSSR count). The van der Waals surface area contributed by atoms with Gasteiger partial charge in [0.05, 0.1) is 5.92 Å². The lowest BCUT2D eigenvalue weighted by molar-refractivity contribution is 0.0945. The van der Waals surface area contributed by atoms with E-state index < -0.39 is 0 Å². The molecule has 1 unspecified atom stereocenters. The van der Waals surface area contributed by atoms with Crippen molar-refractivity contribution in [2.75, 3.05) is 19.6 Å². The number of halogens is 1. The second-order valence-electron chi connectivity index (χ2n) is 5.98. The van der Waals surface area contributed by atoms with Crippen molar-refractivity contribution in [3.8, 4) is 0 Å². The molecule has 0 aliphatic carbocycles. The Morgan fingerprint density at radius 2 is 2.30 bits per heavy atom. The molecule has 2 heterocycles. The van der Waals surface area contributed by atoms with E-state index in [1.165, 1.54) is 0 Å². The van der Waals surface area contributed by atoms with Crippen LogP contribution in [0.1, 0.15) is 46.5 Å². The first kappa shape index (κ1) is 16.0. The van der Waals surface area contributed by atoms with Crippen LogP contribution in [0.15, 0.2) is 28.7 Å². The van der Waals surface area contributed by atoms with E-state index in [4.69, 9.17) is 16.0 Å². The molecule has 1 aliphatic rings. The van der Waals surface area contributed by atoms with E-state index in [2.05, 4.69) is 15.6 Å². The third-order valence-corrected chi connectivity index (χ3v) is 4.38. The van der Waals surface area contributed by atoms with E-state index in [0.717, 1.165) is 18.7 Å². The van der Waals surface area contributed by atoms with E-state index in [1.54, 1.807) is 6.92 Å². The Bertz CT molecular complexity index is 710. The number of rotatable bonds is 5. The van der Waals surface area contributed by atoms with Crippen LogP contribution in [0, 0.1) is 6.92 Å². The minimum absolute atomic E-state index is 0.167. The van der Waals surface area contributed by atoms with Gasteiger partial charge in [0.1, 0.15) is 5.76 Å². The van der Waals surface area contributed by atoms with E-state index >= 15 is 0 Å². The number of aromatic nitrogens is 1. The van der Waals surface area contributed by atoms with Crippen molar-refractivity contribution in [3.05, 3.63) is 52.2 Å². The van der Waals surface area contributed by atoms with Gasteiger partial charge in [-0.1, -0.05) is 30.7 Å². The summed E-state index contributed by atoms with van der Waals surface area (Å²) in [5.74, 6) is 1.47. The molecule has 5 nitrogen and oxygen atoms in total. The Hall–Kier alpha value is -1.85. The Labute approximate surface area is 140 Å². The second kappa shape index (κ2) is 6.72. The molecule has 1 atom stereocenters. The highest BCUT2D eigenvalue weighted by atomic mass is 35.5. The second-order valence-corrected chi connectivity index (χ2v) is 6.41. The van der Waals surface area contributed by atoms with Crippen molar-refractivity contribution in [1.29, 1.82) is 0 Å². The first-order chi connectivity index (χ1) is 11.0. The number of nitrogens with one attached hydrogen (secondary N) is 2. The Morgan fingerprint density at radius 1 is 1.52 bits per heavy atom. The van der Waals surface area contributed by atoms with Crippen molar-refractivity contribution in [2.45, 2.75) is 25.7 Å². The fourth-order valence-corrected chi connectivity index (χ4v) is 2.72. The van der Waals surface area contributed by atoms with E-state index in [-0.39, 0.29) is 17.7 Å². The summed E-state index contributed by atoms with van der Waals surface area (Å²) in [6, 6.07) is 7.68. The third kappa shape index (κ3) is 3.57. The fraction of sp³-hybridized carbons (Fsp3) is 0.412. The fourth-order valence-electron chi connectivity index (χ4n) is 2.53. The summed E-state index contributed by atoms with van der Waals surface area (Å²) >= 11 is 6.01. The number of oxazole rings is 1. The monoisotopic (exact) mass is 333 g/mol. The van der Waals surface area contributed by atoms with Gasteiger partial charge in [-0.05, 0) is 30.5 Å². The molecule has 1 aromatic heterocycles. The predicted octanol–water partition coefficient (Wildman–Crippen LogP) is 2.86. The first-order valence-corrected chi connectivity index (χ1v) is 8.14. The molecular formula is C17H20ClN3O2. The number of benzene rings is 1. The van der Waals surface area contributed by atoms with Crippen LogP contribution < -0.4 is 10.6 Å². The molecule has 1 amide bonds. The number of aryl methyl sites for hydroxylation is 1. The van der Waals surface area contributed by atoms with Crippen LogP contribution in [-0.4, -0.2) is 30.5 Å². The summed E-state index contributed by atoms with van der Waals surface area (Å²) < 4.78 is 5.62. The maximum Gasteiger partial charge on any atom is 0.273 e. The predicted molar refractivity (Wildman–Crippen MR) is 89.1 cm³/mol. The lowest BCUT2D eigenvalue weighted by atomic mass is 10.0. The third-order valence-electron chi connectivity index (χ3n) is 4.15. The average Bonchev–Trinajstić information content (AvgIpc) is 2.84. The molecule has 1 aromatic carbocycles. The minimum atomic E-state index is -0.196. The average molecular weight is 334 g/mol. The zero-order chi connectivity index (χ0) is 16.4. The maximum absolute atomic E-state index is 12.3. The normalized spacial score (nSPS) is 16.0. The molecule has 2 aromatic rings. The van der Waals surface area contributed by atoms with E-state index in [9.17, 15) is 4.79 Å². The molecule has 0 radical (unpaired) electrons. The van der Waals surface area contributed by atoms with Gasteiger partial charge in [-0.3, -0.25) is 4.79 Å². The maximum atomic E-state index is 12.3. The van der Waals surface area contributed by atoms with Gasteiger partial charge in [0.2, 0.25) is 5.89 Å². The summed E-state index contributed by atoms with van der Waals surface area (Å²) in [6.45, 7) is 6.05. The SMILES string of the molecule is Cc1oc(C2CNC2)nc1C(=O)NCC(C)c1cccc(Cl)c1. The quantitative estimate of drug-likeness (QED) is 0.883. The molecule has 6 heteroatoms. The molecule has 1 fully saturated rings. The van der Waals surface area contributed by atoms with Crippen molar-refractivity contribution in [2.24, 2.45) is 0 Å². The summed E-state index contributed by atoms with van der Waals surface area (Å²) in [5, 5.41) is 6.80. The standard InChI is InChI=1S/C17H20ClN3O2/c1-10(12-4-3-5-14(18)6-12)7-20-16(22)15-11(2)23-17(21-15)13-8-19-9-13/h3-6,10,13,19H,7-9H2,1-2H3,(H,20,22). The van der Waals surface area contributed by atoms with Gasteiger partial charge in [0, 0.05) is 24.7 Å².